The van der Waals surface area contributed by atoms with Crippen LogP contribution in [0.3, 0.4) is 0 Å². The number of aromatic amines is 1. The van der Waals surface area contributed by atoms with Crippen LogP contribution in [0.2, 0.25) is 0 Å². The van der Waals surface area contributed by atoms with Crippen LogP contribution >= 0.6 is 0 Å². The summed E-state index contributed by atoms with van der Waals surface area (Å²) in [5, 5.41) is 1.49. The zero-order valence-electron chi connectivity index (χ0n) is 14.2. The van der Waals surface area contributed by atoms with Gasteiger partial charge >= 0.3 is 0 Å². The summed E-state index contributed by atoms with van der Waals surface area (Å²) in [5.41, 5.74) is 4.51. The van der Waals surface area contributed by atoms with Crippen molar-refractivity contribution in [3.63, 3.8) is 0 Å². The minimum atomic E-state index is 0.811. The summed E-state index contributed by atoms with van der Waals surface area (Å²) in [4.78, 5) is 3.64. The second kappa shape index (κ2) is 7.85. The molecule has 3 rings (SSSR count). The van der Waals surface area contributed by atoms with Crippen LogP contribution in [0.25, 0.3) is 10.9 Å². The number of hydrogen-bond donors (Lipinski definition) is 1. The molecule has 0 saturated carbocycles. The lowest BCUT2D eigenvalue weighted by molar-refractivity contribution is 0.528. The highest BCUT2D eigenvalue weighted by molar-refractivity contribution is 5.85. The summed E-state index contributed by atoms with van der Waals surface area (Å²) < 4.78 is 0. The average Bonchev–Trinajstić information content (AvgIpc) is 3.09. The minimum Gasteiger partial charge on any atom is -0.358 e. The third kappa shape index (κ3) is 3.56. The van der Waals surface area contributed by atoms with Gasteiger partial charge in [-0.1, -0.05) is 76.5 Å². The first-order valence-electron chi connectivity index (χ1n) is 9.49. The third-order valence-electron chi connectivity index (χ3n) is 5.39. The lowest BCUT2D eigenvalue weighted by atomic mass is 9.93. The Hall–Kier alpha value is -1.24. The summed E-state index contributed by atoms with van der Waals surface area (Å²) in [5.74, 6) is 0.811. The molecule has 120 valence electrons. The molecule has 2 aromatic rings. The van der Waals surface area contributed by atoms with E-state index in [0.29, 0.717) is 0 Å². The molecule has 1 atom stereocenters. The van der Waals surface area contributed by atoms with Crippen LogP contribution in [-0.2, 0) is 6.42 Å². The molecule has 1 aromatic carbocycles. The number of H-pyrrole nitrogens is 1. The molecule has 0 amide bonds. The first-order chi connectivity index (χ1) is 10.9. The van der Waals surface area contributed by atoms with Crippen molar-refractivity contribution >= 4 is 10.9 Å². The number of aromatic nitrogens is 1. The van der Waals surface area contributed by atoms with Gasteiger partial charge in [-0.15, -0.1) is 0 Å². The fourth-order valence-corrected chi connectivity index (χ4v) is 4.16. The molecule has 0 saturated heterocycles. The highest BCUT2D eigenvalue weighted by Gasteiger charge is 2.25. The van der Waals surface area contributed by atoms with Crippen LogP contribution in [0, 0.1) is 0 Å². The average molecular weight is 297 g/mol. The van der Waals surface area contributed by atoms with Crippen LogP contribution in [0.4, 0.5) is 0 Å². The van der Waals surface area contributed by atoms with Gasteiger partial charge in [0.15, 0.2) is 0 Å². The van der Waals surface area contributed by atoms with Crippen LogP contribution in [-0.4, -0.2) is 4.98 Å². The molecule has 1 unspecified atom stereocenters. The third-order valence-corrected chi connectivity index (χ3v) is 5.39. The lowest BCUT2D eigenvalue weighted by Gasteiger charge is -2.11. The topological polar surface area (TPSA) is 15.8 Å². The van der Waals surface area contributed by atoms with Crippen molar-refractivity contribution in [2.75, 3.05) is 0 Å². The first kappa shape index (κ1) is 15.6. The fourth-order valence-electron chi connectivity index (χ4n) is 4.16. The molecule has 22 heavy (non-hydrogen) atoms. The zero-order valence-corrected chi connectivity index (χ0v) is 14.2. The second-order valence-electron chi connectivity index (χ2n) is 7.06. The zero-order chi connectivity index (χ0) is 15.2. The summed E-state index contributed by atoms with van der Waals surface area (Å²) in [6.07, 6.45) is 15.4. The maximum atomic E-state index is 3.64. The molecule has 1 aliphatic carbocycles. The number of fused-ring (bicyclic) bond motifs is 3. The van der Waals surface area contributed by atoms with Crippen molar-refractivity contribution in [2.24, 2.45) is 0 Å². The Morgan fingerprint density at radius 1 is 0.955 bits per heavy atom. The maximum absolute atomic E-state index is 3.64. The van der Waals surface area contributed by atoms with E-state index in [1.807, 2.05) is 0 Å². The largest absolute Gasteiger partial charge is 0.358 e. The standard InChI is InChI=1S/C21H31N/c1-2-3-4-5-6-7-8-9-12-17-15-16-20-21(17)18-13-10-11-14-19(18)22-20/h10-11,13-14,17,22H,2-9,12,15-16H2,1H3. The molecule has 1 heterocycles. The van der Waals surface area contributed by atoms with Gasteiger partial charge in [0.05, 0.1) is 0 Å². The molecule has 0 fully saturated rings. The SMILES string of the molecule is CCCCCCCCCCC1CCc2[nH]c3ccccc3c21. The highest BCUT2D eigenvalue weighted by atomic mass is 14.7. The summed E-state index contributed by atoms with van der Waals surface area (Å²) in [6, 6.07) is 8.85. The van der Waals surface area contributed by atoms with Gasteiger partial charge in [-0.25, -0.2) is 0 Å². The number of unbranched alkanes of at least 4 members (excludes halogenated alkanes) is 7. The van der Waals surface area contributed by atoms with Crippen molar-refractivity contribution in [3.8, 4) is 0 Å². The minimum absolute atomic E-state index is 0.811. The first-order valence-corrected chi connectivity index (χ1v) is 9.49. The number of aryl methyl sites for hydroxylation is 1. The van der Waals surface area contributed by atoms with E-state index in [2.05, 4.69) is 36.2 Å². The monoisotopic (exact) mass is 297 g/mol. The van der Waals surface area contributed by atoms with Gasteiger partial charge in [-0.3, -0.25) is 0 Å². The Morgan fingerprint density at radius 2 is 1.68 bits per heavy atom. The maximum Gasteiger partial charge on any atom is 0.0459 e. The molecular weight excluding hydrogens is 266 g/mol. The number of hydrogen-bond acceptors (Lipinski definition) is 0. The lowest BCUT2D eigenvalue weighted by Crippen LogP contribution is -1.93. The molecule has 0 bridgehead atoms. The quantitative estimate of drug-likeness (QED) is 0.494. The van der Waals surface area contributed by atoms with E-state index >= 15 is 0 Å². The molecule has 1 aliphatic rings. The van der Waals surface area contributed by atoms with E-state index in [-0.39, 0.29) is 0 Å². The van der Waals surface area contributed by atoms with Gasteiger partial charge in [-0.05, 0) is 36.8 Å². The van der Waals surface area contributed by atoms with E-state index in [1.165, 1.54) is 87.2 Å². The predicted octanol–water partition coefficient (Wildman–Crippen LogP) is 6.73. The van der Waals surface area contributed by atoms with E-state index in [1.54, 1.807) is 5.56 Å². The van der Waals surface area contributed by atoms with Crippen molar-refractivity contribution in [1.82, 2.24) is 4.98 Å². The summed E-state index contributed by atoms with van der Waals surface area (Å²) >= 11 is 0. The van der Waals surface area contributed by atoms with Gasteiger partial charge in [0, 0.05) is 16.6 Å². The number of para-hydroxylation sites is 1. The fraction of sp³-hybridized carbons (Fsp3) is 0.619. The van der Waals surface area contributed by atoms with Crippen molar-refractivity contribution < 1.29 is 0 Å². The molecule has 1 aromatic heterocycles. The Morgan fingerprint density at radius 3 is 2.50 bits per heavy atom. The van der Waals surface area contributed by atoms with Gasteiger partial charge in [0.25, 0.3) is 0 Å². The van der Waals surface area contributed by atoms with Crippen molar-refractivity contribution in [3.05, 3.63) is 35.5 Å². The van der Waals surface area contributed by atoms with Crippen LogP contribution in [0.15, 0.2) is 24.3 Å². The number of nitrogens with one attached hydrogen (secondary N) is 1. The molecule has 0 radical (unpaired) electrons. The molecule has 1 heteroatoms. The van der Waals surface area contributed by atoms with Gasteiger partial charge < -0.3 is 4.98 Å². The highest BCUT2D eigenvalue weighted by Crippen LogP contribution is 2.41. The van der Waals surface area contributed by atoms with E-state index in [0.717, 1.165) is 5.92 Å². The van der Waals surface area contributed by atoms with Crippen LogP contribution in [0.1, 0.15) is 88.3 Å². The van der Waals surface area contributed by atoms with E-state index in [9.17, 15) is 0 Å². The Balaban J connectivity index is 1.44. The van der Waals surface area contributed by atoms with E-state index < -0.39 is 0 Å². The van der Waals surface area contributed by atoms with Crippen molar-refractivity contribution in [1.29, 1.82) is 0 Å². The van der Waals surface area contributed by atoms with Gasteiger partial charge in [0.1, 0.15) is 0 Å². The van der Waals surface area contributed by atoms with Gasteiger partial charge in [0.2, 0.25) is 0 Å². The van der Waals surface area contributed by atoms with Crippen molar-refractivity contribution in [2.45, 2.75) is 83.5 Å². The van der Waals surface area contributed by atoms with Crippen LogP contribution < -0.4 is 0 Å². The molecule has 1 nitrogen and oxygen atoms in total. The summed E-state index contributed by atoms with van der Waals surface area (Å²) in [7, 11) is 0. The second-order valence-corrected chi connectivity index (χ2v) is 7.06. The summed E-state index contributed by atoms with van der Waals surface area (Å²) in [6.45, 7) is 2.29. The predicted molar refractivity (Wildman–Crippen MR) is 96.6 cm³/mol. The Kier molecular flexibility index (Phi) is 5.58. The Bertz CT molecular complexity index is 581. The number of rotatable bonds is 9. The Labute approximate surface area is 135 Å². The normalized spacial score (nSPS) is 17.2. The molecular formula is C21H31N. The van der Waals surface area contributed by atoms with Gasteiger partial charge in [-0.2, -0.15) is 0 Å². The molecule has 0 aliphatic heterocycles. The molecule has 1 N–H and O–H groups in total. The number of benzene rings is 1. The van der Waals surface area contributed by atoms with E-state index in [4.69, 9.17) is 0 Å². The van der Waals surface area contributed by atoms with Crippen LogP contribution in [0.5, 0.6) is 0 Å². The smallest absolute Gasteiger partial charge is 0.0459 e. The molecule has 0 spiro atoms.